The van der Waals surface area contributed by atoms with E-state index >= 15 is 0 Å². The zero-order chi connectivity index (χ0) is 20.3. The van der Waals surface area contributed by atoms with Crippen molar-refractivity contribution in [1.82, 2.24) is 14.9 Å². The van der Waals surface area contributed by atoms with Gasteiger partial charge in [-0.15, -0.1) is 0 Å². The number of amides is 1. The molecule has 0 aliphatic carbocycles. The van der Waals surface area contributed by atoms with Gasteiger partial charge in [-0.2, -0.15) is 0 Å². The molecule has 1 N–H and O–H groups in total. The van der Waals surface area contributed by atoms with Crippen LogP contribution in [0.4, 0.5) is 0 Å². The standard InChI is InChI=1S/C20H18Cl3N3O2/c1-2-7-26(19(27)8-12-3-4-13(21)9-16(12)23)11-18-24-17-10-14(22)5-6-15(17)20(28)25-18/h3-6,9-10H,2,7-8,11H2,1H3,(H,24,25,28). The number of rotatable bonds is 6. The van der Waals surface area contributed by atoms with Crippen molar-refractivity contribution < 1.29 is 4.79 Å². The molecule has 0 fully saturated rings. The molecule has 146 valence electrons. The highest BCUT2D eigenvalue weighted by atomic mass is 35.5. The Morgan fingerprint density at radius 3 is 2.54 bits per heavy atom. The Morgan fingerprint density at radius 2 is 1.82 bits per heavy atom. The van der Waals surface area contributed by atoms with Gasteiger partial charge in [0.2, 0.25) is 5.91 Å². The summed E-state index contributed by atoms with van der Waals surface area (Å²) in [5.41, 5.74) is 0.932. The lowest BCUT2D eigenvalue weighted by Gasteiger charge is -2.22. The Kier molecular flexibility index (Phi) is 6.60. The molecule has 3 rings (SSSR count). The van der Waals surface area contributed by atoms with Crippen molar-refractivity contribution in [2.24, 2.45) is 0 Å². The summed E-state index contributed by atoms with van der Waals surface area (Å²) >= 11 is 18.1. The minimum Gasteiger partial charge on any atom is -0.335 e. The highest BCUT2D eigenvalue weighted by Crippen LogP contribution is 2.22. The van der Waals surface area contributed by atoms with Crippen molar-refractivity contribution >= 4 is 51.6 Å². The van der Waals surface area contributed by atoms with Crippen molar-refractivity contribution in [1.29, 1.82) is 0 Å². The molecule has 2 aromatic carbocycles. The molecule has 8 heteroatoms. The minimum absolute atomic E-state index is 0.111. The molecule has 3 aromatic rings. The van der Waals surface area contributed by atoms with Crippen molar-refractivity contribution in [3.63, 3.8) is 0 Å². The van der Waals surface area contributed by atoms with Gasteiger partial charge in [-0.3, -0.25) is 9.59 Å². The number of carbonyl (C=O) groups excluding carboxylic acids is 1. The second-order valence-electron chi connectivity index (χ2n) is 6.40. The highest BCUT2D eigenvalue weighted by Gasteiger charge is 2.17. The Bertz CT molecular complexity index is 1080. The average molecular weight is 439 g/mol. The predicted molar refractivity (Wildman–Crippen MR) is 113 cm³/mol. The van der Waals surface area contributed by atoms with E-state index in [9.17, 15) is 9.59 Å². The molecular weight excluding hydrogens is 421 g/mol. The van der Waals surface area contributed by atoms with E-state index in [1.165, 1.54) is 0 Å². The number of carbonyl (C=O) groups is 1. The summed E-state index contributed by atoms with van der Waals surface area (Å²) in [7, 11) is 0. The average Bonchev–Trinajstić information content (AvgIpc) is 2.63. The van der Waals surface area contributed by atoms with Crippen LogP contribution in [-0.2, 0) is 17.8 Å². The summed E-state index contributed by atoms with van der Waals surface area (Å²) in [4.78, 5) is 34.0. The van der Waals surface area contributed by atoms with Crippen LogP contribution in [0.15, 0.2) is 41.2 Å². The molecule has 0 saturated carbocycles. The first-order chi connectivity index (χ1) is 13.4. The SMILES string of the molecule is CCCN(Cc1nc2cc(Cl)ccc2c(=O)[nH]1)C(=O)Cc1ccc(Cl)cc1Cl. The summed E-state index contributed by atoms with van der Waals surface area (Å²) in [5.74, 6) is 0.295. The topological polar surface area (TPSA) is 66.1 Å². The fraction of sp³-hybridized carbons (Fsp3) is 0.250. The Morgan fingerprint density at radius 1 is 1.11 bits per heavy atom. The van der Waals surface area contributed by atoms with Gasteiger partial charge in [-0.05, 0) is 42.3 Å². The fourth-order valence-corrected chi connectivity index (χ4v) is 3.56. The third kappa shape index (κ3) is 4.85. The number of nitrogens with zero attached hydrogens (tertiary/aromatic N) is 2. The molecule has 5 nitrogen and oxygen atoms in total. The third-order valence-electron chi connectivity index (χ3n) is 4.26. The maximum absolute atomic E-state index is 12.8. The number of fused-ring (bicyclic) bond motifs is 1. The van der Waals surface area contributed by atoms with Gasteiger partial charge >= 0.3 is 0 Å². The van der Waals surface area contributed by atoms with E-state index in [4.69, 9.17) is 34.8 Å². The number of benzene rings is 2. The lowest BCUT2D eigenvalue weighted by atomic mass is 10.1. The lowest BCUT2D eigenvalue weighted by Crippen LogP contribution is -2.34. The van der Waals surface area contributed by atoms with Gasteiger partial charge < -0.3 is 9.88 Å². The number of nitrogens with one attached hydrogen (secondary N) is 1. The van der Waals surface area contributed by atoms with Crippen LogP contribution in [0.3, 0.4) is 0 Å². The van der Waals surface area contributed by atoms with Crippen LogP contribution in [0.1, 0.15) is 24.7 Å². The monoisotopic (exact) mass is 437 g/mol. The molecule has 1 heterocycles. The number of aromatic amines is 1. The van der Waals surface area contributed by atoms with Crippen LogP contribution in [0, 0.1) is 0 Å². The molecule has 1 amide bonds. The van der Waals surface area contributed by atoms with Gasteiger partial charge in [0.25, 0.3) is 5.56 Å². The zero-order valence-corrected chi connectivity index (χ0v) is 17.4. The normalized spacial score (nSPS) is 11.0. The van der Waals surface area contributed by atoms with E-state index in [0.717, 1.165) is 6.42 Å². The highest BCUT2D eigenvalue weighted by molar-refractivity contribution is 6.35. The van der Waals surface area contributed by atoms with Crippen LogP contribution in [0.25, 0.3) is 10.9 Å². The van der Waals surface area contributed by atoms with Crippen molar-refractivity contribution in [3.05, 3.63) is 73.2 Å². The van der Waals surface area contributed by atoms with Crippen LogP contribution >= 0.6 is 34.8 Å². The Hall–Kier alpha value is -2.08. The van der Waals surface area contributed by atoms with Gasteiger partial charge in [0.15, 0.2) is 0 Å². The number of hydrogen-bond acceptors (Lipinski definition) is 3. The second-order valence-corrected chi connectivity index (χ2v) is 7.68. The minimum atomic E-state index is -0.263. The maximum Gasteiger partial charge on any atom is 0.258 e. The van der Waals surface area contributed by atoms with Crippen LogP contribution in [0.2, 0.25) is 15.1 Å². The van der Waals surface area contributed by atoms with Gasteiger partial charge in [-0.1, -0.05) is 47.8 Å². The first kappa shape index (κ1) is 20.6. The van der Waals surface area contributed by atoms with Crippen molar-refractivity contribution in [2.45, 2.75) is 26.3 Å². The van der Waals surface area contributed by atoms with Gasteiger partial charge in [0.1, 0.15) is 5.82 Å². The summed E-state index contributed by atoms with van der Waals surface area (Å²) < 4.78 is 0. The van der Waals surface area contributed by atoms with E-state index in [-0.39, 0.29) is 24.4 Å². The largest absolute Gasteiger partial charge is 0.335 e. The fourth-order valence-electron chi connectivity index (χ4n) is 2.92. The first-order valence-electron chi connectivity index (χ1n) is 8.77. The summed E-state index contributed by atoms with van der Waals surface area (Å²) in [6, 6.07) is 9.96. The number of halogens is 3. The molecule has 0 saturated heterocycles. The lowest BCUT2D eigenvalue weighted by molar-refractivity contribution is -0.131. The maximum atomic E-state index is 12.8. The van der Waals surface area contributed by atoms with E-state index in [1.807, 2.05) is 6.92 Å². The van der Waals surface area contributed by atoms with E-state index in [0.29, 0.717) is 43.9 Å². The summed E-state index contributed by atoms with van der Waals surface area (Å²) in [6.07, 6.45) is 0.906. The molecule has 0 aliphatic heterocycles. The van der Waals surface area contributed by atoms with Gasteiger partial charge in [0.05, 0.1) is 23.9 Å². The molecule has 0 unspecified atom stereocenters. The Balaban J connectivity index is 1.85. The molecule has 0 bridgehead atoms. The predicted octanol–water partition coefficient (Wildman–Crippen LogP) is 4.86. The van der Waals surface area contributed by atoms with Gasteiger partial charge in [0, 0.05) is 21.6 Å². The number of hydrogen-bond donors (Lipinski definition) is 1. The van der Waals surface area contributed by atoms with E-state index in [2.05, 4.69) is 9.97 Å². The summed E-state index contributed by atoms with van der Waals surface area (Å²) in [6.45, 7) is 2.70. The Labute approximate surface area is 177 Å². The quantitative estimate of drug-likeness (QED) is 0.597. The molecule has 0 spiro atoms. The third-order valence-corrected chi connectivity index (χ3v) is 5.08. The molecular formula is C20H18Cl3N3O2. The molecule has 0 radical (unpaired) electrons. The van der Waals surface area contributed by atoms with Crippen molar-refractivity contribution in [3.8, 4) is 0 Å². The zero-order valence-electron chi connectivity index (χ0n) is 15.1. The molecule has 28 heavy (non-hydrogen) atoms. The van der Waals surface area contributed by atoms with Crippen LogP contribution < -0.4 is 5.56 Å². The number of H-pyrrole nitrogens is 1. The first-order valence-corrected chi connectivity index (χ1v) is 9.91. The van der Waals surface area contributed by atoms with Crippen LogP contribution in [0.5, 0.6) is 0 Å². The van der Waals surface area contributed by atoms with E-state index in [1.54, 1.807) is 41.3 Å². The second kappa shape index (κ2) is 8.95. The molecule has 0 aliphatic rings. The van der Waals surface area contributed by atoms with Crippen molar-refractivity contribution in [2.75, 3.05) is 6.54 Å². The van der Waals surface area contributed by atoms with E-state index < -0.39 is 0 Å². The molecule has 0 atom stereocenters. The van der Waals surface area contributed by atoms with Crippen LogP contribution in [-0.4, -0.2) is 27.3 Å². The smallest absolute Gasteiger partial charge is 0.258 e. The van der Waals surface area contributed by atoms with Gasteiger partial charge in [-0.25, -0.2) is 4.98 Å². The number of aromatic nitrogens is 2. The summed E-state index contributed by atoms with van der Waals surface area (Å²) in [5, 5.41) is 1.91. The molecule has 1 aromatic heterocycles.